The van der Waals surface area contributed by atoms with E-state index in [0.29, 0.717) is 28.2 Å². The second-order valence-corrected chi connectivity index (χ2v) is 6.75. The van der Waals surface area contributed by atoms with Crippen LogP contribution in [0, 0.1) is 5.82 Å². The first kappa shape index (κ1) is 20.1. The zero-order chi connectivity index (χ0) is 22.0. The molecule has 0 aliphatic carbocycles. The number of nitrogens with one attached hydrogen (secondary N) is 1. The minimum Gasteiger partial charge on any atom is -0.465 e. The van der Waals surface area contributed by atoms with Crippen molar-refractivity contribution in [2.45, 2.75) is 6.54 Å². The summed E-state index contributed by atoms with van der Waals surface area (Å²) in [6.07, 6.45) is 1.41. The second-order valence-electron chi connectivity index (χ2n) is 6.75. The smallest absolute Gasteiger partial charge is 0.338 e. The van der Waals surface area contributed by atoms with Crippen molar-refractivity contribution in [2.24, 2.45) is 0 Å². The Hall–Kier alpha value is -4.20. The fraction of sp³-hybridized carbons (Fsp3) is 0.0870. The summed E-state index contributed by atoms with van der Waals surface area (Å²) in [7, 11) is 1.29. The number of ether oxygens (including phenoxy) is 1. The van der Waals surface area contributed by atoms with E-state index >= 15 is 0 Å². The van der Waals surface area contributed by atoms with Gasteiger partial charge in [0.15, 0.2) is 0 Å². The third-order valence-electron chi connectivity index (χ3n) is 4.73. The van der Waals surface area contributed by atoms with Crippen LogP contribution in [0.2, 0.25) is 0 Å². The van der Waals surface area contributed by atoms with Gasteiger partial charge in [-0.25, -0.2) is 14.0 Å². The van der Waals surface area contributed by atoms with Gasteiger partial charge in [0.2, 0.25) is 0 Å². The second kappa shape index (κ2) is 8.27. The predicted molar refractivity (Wildman–Crippen MR) is 109 cm³/mol. The van der Waals surface area contributed by atoms with Crippen LogP contribution in [0.15, 0.2) is 70.8 Å². The summed E-state index contributed by atoms with van der Waals surface area (Å²) in [6.45, 7) is 0.0121. The minimum atomic E-state index is -0.580. The Morgan fingerprint density at radius 2 is 1.84 bits per heavy atom. The highest BCUT2D eigenvalue weighted by molar-refractivity contribution is 6.13. The number of methoxy groups -OCH3 is 1. The van der Waals surface area contributed by atoms with Gasteiger partial charge in [-0.05, 0) is 35.9 Å². The molecule has 0 atom stereocenters. The minimum absolute atomic E-state index is 0.0121. The molecule has 3 amide bonds. The molecule has 2 aromatic carbocycles. The molecule has 0 saturated carbocycles. The van der Waals surface area contributed by atoms with Gasteiger partial charge in [-0.2, -0.15) is 0 Å². The van der Waals surface area contributed by atoms with Gasteiger partial charge in [0.1, 0.15) is 23.0 Å². The molecular weight excluding hydrogens is 403 g/mol. The standard InChI is InChI=1S/C23H17FN2O5/c1-30-22(28)18-5-3-2-4-17(18)20-11-10-16(31-20)12-19-21(27)26(23(29)25-19)13-14-6-8-15(24)9-7-14/h2-12H,13H2,1H3,(H,25,29)/b19-12+. The Bertz CT molecular complexity index is 1200. The quantitative estimate of drug-likeness (QED) is 0.383. The van der Waals surface area contributed by atoms with Gasteiger partial charge < -0.3 is 14.5 Å². The van der Waals surface area contributed by atoms with Gasteiger partial charge in [0.25, 0.3) is 5.91 Å². The van der Waals surface area contributed by atoms with Gasteiger partial charge >= 0.3 is 12.0 Å². The predicted octanol–water partition coefficient (Wildman–Crippen LogP) is 3.97. The average molecular weight is 420 g/mol. The van der Waals surface area contributed by atoms with Gasteiger partial charge in [-0.15, -0.1) is 0 Å². The van der Waals surface area contributed by atoms with Gasteiger partial charge in [-0.3, -0.25) is 9.69 Å². The van der Waals surface area contributed by atoms with Crippen LogP contribution in [0.5, 0.6) is 0 Å². The van der Waals surface area contributed by atoms with Crippen LogP contribution in [0.1, 0.15) is 21.7 Å². The molecule has 31 heavy (non-hydrogen) atoms. The SMILES string of the molecule is COC(=O)c1ccccc1-c1ccc(/C=C2/NC(=O)N(Cc3ccc(F)cc3)C2=O)o1. The van der Waals surface area contributed by atoms with E-state index < -0.39 is 23.7 Å². The van der Waals surface area contributed by atoms with E-state index in [1.165, 1.54) is 37.5 Å². The molecule has 156 valence electrons. The summed E-state index contributed by atoms with van der Waals surface area (Å²) in [5, 5.41) is 2.51. The number of amides is 3. The molecular formula is C23H17FN2O5. The molecule has 0 bridgehead atoms. The topological polar surface area (TPSA) is 88.9 Å². The normalized spacial score (nSPS) is 14.8. The third kappa shape index (κ3) is 4.09. The molecule has 1 aliphatic rings. The highest BCUT2D eigenvalue weighted by Crippen LogP contribution is 2.28. The largest absolute Gasteiger partial charge is 0.465 e. The van der Waals surface area contributed by atoms with E-state index in [1.807, 2.05) is 0 Å². The van der Waals surface area contributed by atoms with Crippen molar-refractivity contribution in [2.75, 3.05) is 7.11 Å². The number of carbonyl (C=O) groups is 3. The summed E-state index contributed by atoms with van der Waals surface area (Å²) < 4.78 is 23.6. The number of urea groups is 1. The molecule has 1 N–H and O–H groups in total. The molecule has 1 saturated heterocycles. The van der Waals surface area contributed by atoms with Crippen molar-refractivity contribution in [3.05, 3.63) is 89.1 Å². The van der Waals surface area contributed by atoms with E-state index in [4.69, 9.17) is 9.15 Å². The first-order chi connectivity index (χ1) is 15.0. The number of benzene rings is 2. The van der Waals surface area contributed by atoms with Crippen molar-refractivity contribution in [3.63, 3.8) is 0 Å². The van der Waals surface area contributed by atoms with Crippen LogP contribution in [-0.4, -0.2) is 29.9 Å². The molecule has 1 fully saturated rings. The molecule has 0 unspecified atom stereocenters. The van der Waals surface area contributed by atoms with E-state index in [1.54, 1.807) is 36.4 Å². The maximum atomic E-state index is 13.1. The molecule has 7 nitrogen and oxygen atoms in total. The van der Waals surface area contributed by atoms with E-state index in [2.05, 4.69) is 5.32 Å². The van der Waals surface area contributed by atoms with E-state index in [9.17, 15) is 18.8 Å². The van der Waals surface area contributed by atoms with Crippen LogP contribution in [0.3, 0.4) is 0 Å². The summed E-state index contributed by atoms with van der Waals surface area (Å²) in [5.41, 5.74) is 1.55. The van der Waals surface area contributed by atoms with Crippen molar-refractivity contribution in [3.8, 4) is 11.3 Å². The molecule has 4 rings (SSSR count). The van der Waals surface area contributed by atoms with Gasteiger partial charge in [-0.1, -0.05) is 30.3 Å². The zero-order valence-corrected chi connectivity index (χ0v) is 16.4. The van der Waals surface area contributed by atoms with Crippen molar-refractivity contribution in [1.29, 1.82) is 0 Å². The molecule has 3 aromatic rings. The number of hydrogen-bond donors (Lipinski definition) is 1. The number of esters is 1. The fourth-order valence-corrected chi connectivity index (χ4v) is 3.19. The lowest BCUT2D eigenvalue weighted by Crippen LogP contribution is -2.30. The summed E-state index contributed by atoms with van der Waals surface area (Å²) >= 11 is 0. The number of rotatable bonds is 5. The van der Waals surface area contributed by atoms with Crippen molar-refractivity contribution >= 4 is 24.0 Å². The fourth-order valence-electron chi connectivity index (χ4n) is 3.19. The Labute approximate surface area is 176 Å². The summed E-state index contributed by atoms with van der Waals surface area (Å²) in [6, 6.07) is 15.1. The Balaban J connectivity index is 1.56. The van der Waals surface area contributed by atoms with Crippen LogP contribution in [0.4, 0.5) is 9.18 Å². The molecule has 1 aromatic heterocycles. The van der Waals surface area contributed by atoms with Crippen LogP contribution in [-0.2, 0) is 16.1 Å². The number of hydrogen-bond acceptors (Lipinski definition) is 5. The lowest BCUT2D eigenvalue weighted by atomic mass is 10.1. The number of furan rings is 1. The first-order valence-electron chi connectivity index (χ1n) is 9.33. The van der Waals surface area contributed by atoms with Crippen LogP contribution < -0.4 is 5.32 Å². The van der Waals surface area contributed by atoms with Gasteiger partial charge in [0.05, 0.1) is 19.2 Å². The first-order valence-corrected chi connectivity index (χ1v) is 9.33. The molecule has 0 spiro atoms. The average Bonchev–Trinajstić information content (AvgIpc) is 3.35. The van der Waals surface area contributed by atoms with Crippen molar-refractivity contribution in [1.82, 2.24) is 10.2 Å². The molecule has 8 heteroatoms. The zero-order valence-electron chi connectivity index (χ0n) is 16.4. The Kier molecular flexibility index (Phi) is 5.36. The number of imide groups is 1. The maximum Gasteiger partial charge on any atom is 0.338 e. The number of carbonyl (C=O) groups excluding carboxylic acids is 3. The third-order valence-corrected chi connectivity index (χ3v) is 4.73. The monoisotopic (exact) mass is 420 g/mol. The van der Waals surface area contributed by atoms with Crippen LogP contribution >= 0.6 is 0 Å². The van der Waals surface area contributed by atoms with E-state index in [0.717, 1.165) is 4.90 Å². The summed E-state index contributed by atoms with van der Waals surface area (Å²) in [4.78, 5) is 37.9. The lowest BCUT2D eigenvalue weighted by Gasteiger charge is -2.11. The highest BCUT2D eigenvalue weighted by Gasteiger charge is 2.33. The molecule has 1 aliphatic heterocycles. The lowest BCUT2D eigenvalue weighted by molar-refractivity contribution is -0.123. The molecule has 2 heterocycles. The Morgan fingerprint density at radius 3 is 2.58 bits per heavy atom. The van der Waals surface area contributed by atoms with Gasteiger partial charge in [0, 0.05) is 11.6 Å². The van der Waals surface area contributed by atoms with E-state index in [-0.39, 0.29) is 12.2 Å². The maximum absolute atomic E-state index is 13.1. The summed E-state index contributed by atoms with van der Waals surface area (Å²) in [5.74, 6) is -0.692. The molecule has 0 radical (unpaired) electrons. The number of halogens is 1. The Morgan fingerprint density at radius 1 is 1.10 bits per heavy atom. The number of nitrogens with zero attached hydrogens (tertiary/aromatic N) is 1. The van der Waals surface area contributed by atoms with Crippen molar-refractivity contribution < 1.29 is 27.9 Å². The highest BCUT2D eigenvalue weighted by atomic mass is 19.1. The van der Waals surface area contributed by atoms with Crippen LogP contribution in [0.25, 0.3) is 17.4 Å².